The van der Waals surface area contributed by atoms with Gasteiger partial charge in [0.2, 0.25) is 0 Å². The van der Waals surface area contributed by atoms with Crippen molar-refractivity contribution >= 4 is 27.7 Å². The van der Waals surface area contributed by atoms with Crippen LogP contribution >= 0.6 is 11.6 Å². The van der Waals surface area contributed by atoms with Crippen LogP contribution in [0.5, 0.6) is 0 Å². The van der Waals surface area contributed by atoms with Crippen molar-refractivity contribution < 1.29 is 13.2 Å². The van der Waals surface area contributed by atoms with Crippen molar-refractivity contribution in [3.8, 4) is 0 Å². The molecule has 0 aliphatic carbocycles. The van der Waals surface area contributed by atoms with Gasteiger partial charge in [-0.25, -0.2) is 9.29 Å². The molecule has 0 aromatic carbocycles. The molecule has 1 atom stereocenters. The van der Waals surface area contributed by atoms with Gasteiger partial charge in [0.05, 0.1) is 6.54 Å². The number of nitrogens with zero attached hydrogens (tertiary/aromatic N) is 2. The molecule has 1 amide bonds. The second-order valence-electron chi connectivity index (χ2n) is 4.64. The van der Waals surface area contributed by atoms with Gasteiger partial charge in [-0.05, 0) is 12.0 Å². The summed E-state index contributed by atoms with van der Waals surface area (Å²) in [5, 5.41) is 0.193. The molecule has 2 heterocycles. The minimum absolute atomic E-state index is 0.107. The van der Waals surface area contributed by atoms with E-state index in [0.29, 0.717) is 5.56 Å². The second-order valence-corrected chi connectivity index (χ2v) is 6.63. The molecule has 1 N–H and O–H groups in total. The van der Waals surface area contributed by atoms with Crippen molar-refractivity contribution in [1.82, 2.24) is 14.0 Å². The Morgan fingerprint density at radius 1 is 1.53 bits per heavy atom. The summed E-state index contributed by atoms with van der Waals surface area (Å²) in [6.07, 6.45) is 1.50. The molecular weight excluding hydrogens is 290 g/mol. The van der Waals surface area contributed by atoms with E-state index in [4.69, 9.17) is 11.6 Å². The van der Waals surface area contributed by atoms with Crippen LogP contribution in [0.4, 0.5) is 0 Å². The zero-order valence-electron chi connectivity index (χ0n) is 10.5. The van der Waals surface area contributed by atoms with Crippen LogP contribution < -0.4 is 4.72 Å². The van der Waals surface area contributed by atoms with Gasteiger partial charge in [-0.2, -0.15) is 13.1 Å². The SMILES string of the molecule is CC(C)[C@@H]1NS(=O)(=O)N(Cc2cccnc2Cl)C1=O. The fourth-order valence-electron chi connectivity index (χ4n) is 1.82. The number of carbonyl (C=O) groups is 1. The summed E-state index contributed by atoms with van der Waals surface area (Å²) in [7, 11) is -3.80. The van der Waals surface area contributed by atoms with Crippen LogP contribution in [-0.4, -0.2) is 29.7 Å². The number of nitrogens with one attached hydrogen (secondary N) is 1. The molecular formula is C11H14ClN3O3S. The number of halogens is 1. The fraction of sp³-hybridized carbons (Fsp3) is 0.455. The quantitative estimate of drug-likeness (QED) is 0.843. The van der Waals surface area contributed by atoms with Crippen LogP contribution in [0.15, 0.2) is 18.3 Å². The van der Waals surface area contributed by atoms with E-state index in [0.717, 1.165) is 4.31 Å². The molecule has 1 aliphatic rings. The standard InChI is InChI=1S/C11H14ClN3O3S/c1-7(2)9-11(16)15(19(17,18)14-9)6-8-4-3-5-13-10(8)12/h3-5,7,9,14H,6H2,1-2H3/t9-/m0/s1. The summed E-state index contributed by atoms with van der Waals surface area (Å²) in [6, 6.07) is 2.56. The minimum Gasteiger partial charge on any atom is -0.272 e. The highest BCUT2D eigenvalue weighted by atomic mass is 35.5. The van der Waals surface area contributed by atoms with Gasteiger partial charge in [-0.15, -0.1) is 0 Å². The molecule has 0 spiro atoms. The maximum Gasteiger partial charge on any atom is 0.304 e. The van der Waals surface area contributed by atoms with Crippen molar-refractivity contribution in [2.75, 3.05) is 0 Å². The van der Waals surface area contributed by atoms with Crippen LogP contribution in [0.2, 0.25) is 5.15 Å². The van der Waals surface area contributed by atoms with Crippen LogP contribution in [0, 0.1) is 5.92 Å². The molecule has 1 saturated heterocycles. The lowest BCUT2D eigenvalue weighted by atomic mass is 10.1. The van der Waals surface area contributed by atoms with Crippen LogP contribution in [0.25, 0.3) is 0 Å². The summed E-state index contributed by atoms with van der Waals surface area (Å²) in [5.41, 5.74) is 0.493. The lowest BCUT2D eigenvalue weighted by Gasteiger charge is -2.15. The maximum absolute atomic E-state index is 12.1. The summed E-state index contributed by atoms with van der Waals surface area (Å²) in [6.45, 7) is 3.46. The number of aromatic nitrogens is 1. The van der Waals surface area contributed by atoms with Crippen molar-refractivity contribution in [2.45, 2.75) is 26.4 Å². The molecule has 0 saturated carbocycles. The molecule has 19 heavy (non-hydrogen) atoms. The van der Waals surface area contributed by atoms with Crippen LogP contribution in [-0.2, 0) is 21.5 Å². The third kappa shape index (κ3) is 2.72. The molecule has 6 nitrogen and oxygen atoms in total. The lowest BCUT2D eigenvalue weighted by molar-refractivity contribution is -0.127. The first-order valence-corrected chi connectivity index (χ1v) is 7.58. The summed E-state index contributed by atoms with van der Waals surface area (Å²) in [4.78, 5) is 16.0. The van der Waals surface area contributed by atoms with Crippen molar-refractivity contribution in [3.05, 3.63) is 29.0 Å². The van der Waals surface area contributed by atoms with E-state index in [2.05, 4.69) is 9.71 Å². The van der Waals surface area contributed by atoms with Crippen LogP contribution in [0.1, 0.15) is 19.4 Å². The van der Waals surface area contributed by atoms with E-state index in [1.165, 1.54) is 6.20 Å². The highest BCUT2D eigenvalue weighted by Gasteiger charge is 2.44. The number of carbonyl (C=O) groups excluding carboxylic acids is 1. The smallest absolute Gasteiger partial charge is 0.272 e. The Morgan fingerprint density at radius 2 is 2.21 bits per heavy atom. The zero-order chi connectivity index (χ0) is 14.2. The summed E-state index contributed by atoms with van der Waals surface area (Å²) >= 11 is 5.88. The highest BCUT2D eigenvalue weighted by molar-refractivity contribution is 7.88. The van der Waals surface area contributed by atoms with Crippen molar-refractivity contribution in [1.29, 1.82) is 0 Å². The molecule has 1 fully saturated rings. The Morgan fingerprint density at radius 3 is 2.74 bits per heavy atom. The predicted octanol–water partition coefficient (Wildman–Crippen LogP) is 0.936. The van der Waals surface area contributed by atoms with Gasteiger partial charge in [0.1, 0.15) is 11.2 Å². The van der Waals surface area contributed by atoms with E-state index < -0.39 is 22.2 Å². The average Bonchev–Trinajstić information content (AvgIpc) is 2.55. The van der Waals surface area contributed by atoms with Gasteiger partial charge in [-0.3, -0.25) is 4.79 Å². The molecule has 1 aliphatic heterocycles. The molecule has 0 radical (unpaired) electrons. The maximum atomic E-state index is 12.1. The lowest BCUT2D eigenvalue weighted by Crippen LogP contribution is -2.34. The number of rotatable bonds is 3. The van der Waals surface area contributed by atoms with Gasteiger partial charge in [0, 0.05) is 11.8 Å². The van der Waals surface area contributed by atoms with Gasteiger partial charge < -0.3 is 0 Å². The molecule has 8 heteroatoms. The second kappa shape index (κ2) is 5.07. The first-order chi connectivity index (χ1) is 8.83. The van der Waals surface area contributed by atoms with E-state index in [1.807, 2.05) is 0 Å². The van der Waals surface area contributed by atoms with E-state index in [-0.39, 0.29) is 17.6 Å². The Hall–Kier alpha value is -1.18. The average molecular weight is 304 g/mol. The predicted molar refractivity (Wildman–Crippen MR) is 70.5 cm³/mol. The Balaban J connectivity index is 2.30. The number of hydrogen-bond acceptors (Lipinski definition) is 4. The van der Waals surface area contributed by atoms with Crippen molar-refractivity contribution in [3.63, 3.8) is 0 Å². The number of hydrogen-bond donors (Lipinski definition) is 1. The zero-order valence-corrected chi connectivity index (χ0v) is 12.1. The van der Waals surface area contributed by atoms with E-state index in [1.54, 1.807) is 26.0 Å². The Labute approximate surface area is 117 Å². The van der Waals surface area contributed by atoms with Crippen LogP contribution in [0.3, 0.4) is 0 Å². The van der Waals surface area contributed by atoms with Gasteiger partial charge >= 0.3 is 10.2 Å². The third-order valence-electron chi connectivity index (χ3n) is 2.89. The summed E-state index contributed by atoms with van der Waals surface area (Å²) in [5.74, 6) is -0.577. The first kappa shape index (κ1) is 14.2. The molecule has 0 unspecified atom stereocenters. The molecule has 1 aromatic heterocycles. The van der Waals surface area contributed by atoms with Gasteiger partial charge in [-0.1, -0.05) is 31.5 Å². The number of pyridine rings is 1. The minimum atomic E-state index is -3.80. The highest BCUT2D eigenvalue weighted by Crippen LogP contribution is 2.22. The van der Waals surface area contributed by atoms with Gasteiger partial charge in [0.25, 0.3) is 5.91 Å². The fourth-order valence-corrected chi connectivity index (χ4v) is 3.48. The topological polar surface area (TPSA) is 79.4 Å². The normalized spacial score (nSPS) is 22.2. The molecule has 2 rings (SSSR count). The largest absolute Gasteiger partial charge is 0.304 e. The third-order valence-corrected chi connectivity index (χ3v) is 4.68. The Bertz CT molecular complexity index is 603. The monoisotopic (exact) mass is 303 g/mol. The van der Waals surface area contributed by atoms with Crippen molar-refractivity contribution in [2.24, 2.45) is 5.92 Å². The van der Waals surface area contributed by atoms with E-state index in [9.17, 15) is 13.2 Å². The summed E-state index contributed by atoms with van der Waals surface area (Å²) < 4.78 is 27.0. The molecule has 104 valence electrons. The molecule has 0 bridgehead atoms. The first-order valence-electron chi connectivity index (χ1n) is 5.76. The van der Waals surface area contributed by atoms with E-state index >= 15 is 0 Å². The molecule has 1 aromatic rings. The Kier molecular flexibility index (Phi) is 3.80. The van der Waals surface area contributed by atoms with Gasteiger partial charge in [0.15, 0.2) is 0 Å². The number of amides is 1.